The lowest BCUT2D eigenvalue weighted by Gasteiger charge is -2.03. The van der Waals surface area contributed by atoms with E-state index in [0.29, 0.717) is 6.54 Å². The Balaban J connectivity index is 0. The number of rotatable bonds is 1. The molecule has 2 aromatic heterocycles. The van der Waals surface area contributed by atoms with Crippen LogP contribution in [-0.4, -0.2) is 22.8 Å². The Morgan fingerprint density at radius 2 is 2.05 bits per heavy atom. The topological polar surface area (TPSA) is 158 Å². The molecule has 0 radical (unpaired) electrons. The van der Waals surface area contributed by atoms with E-state index < -0.39 is 0 Å². The molecule has 0 spiro atoms. The van der Waals surface area contributed by atoms with E-state index in [1.165, 1.54) is 4.88 Å². The third-order valence-electron chi connectivity index (χ3n) is 2.32. The molecule has 108 valence electrons. The van der Waals surface area contributed by atoms with Crippen molar-refractivity contribution >= 4 is 52.2 Å². The average molecular weight is 402 g/mol. The molecule has 3 rings (SSSR count). The van der Waals surface area contributed by atoms with Crippen molar-refractivity contribution in [3.63, 3.8) is 0 Å². The van der Waals surface area contributed by atoms with Gasteiger partial charge in [-0.25, -0.2) is 0 Å². The lowest BCUT2D eigenvalue weighted by atomic mass is 10.3. The summed E-state index contributed by atoms with van der Waals surface area (Å²) >= 11 is 0. The van der Waals surface area contributed by atoms with Gasteiger partial charge in [0, 0.05) is 6.07 Å². The second kappa shape index (κ2) is 8.12. The molecule has 9 N–H and O–H groups in total. The number of hydrogen-bond donors (Lipinski definition) is 2. The zero-order chi connectivity index (χ0) is 10.3. The molecule has 0 aliphatic carbocycles. The van der Waals surface area contributed by atoms with Crippen molar-refractivity contribution < 1.29 is 20.8 Å². The molecule has 0 amide bonds. The van der Waals surface area contributed by atoms with Crippen LogP contribution in [0.25, 0.3) is 5.09 Å². The third-order valence-corrected chi connectivity index (χ3v) is 4.34. The van der Waals surface area contributed by atoms with Gasteiger partial charge in [0.15, 0.2) is 5.38 Å². The van der Waals surface area contributed by atoms with E-state index in [0.717, 1.165) is 16.5 Å². The average Bonchev–Trinajstić information content (AvgIpc) is 2.87. The maximum absolute atomic E-state index is 5.93. The number of nitrogens with one attached hydrogen (secondary N) is 1. The number of nitrogens with zero attached hydrogens (tertiary/aromatic N) is 1. The number of anilines is 2. The van der Waals surface area contributed by atoms with Gasteiger partial charge in [-0.05, 0) is 6.07 Å². The summed E-state index contributed by atoms with van der Waals surface area (Å²) in [6, 6.07) is 3.87. The van der Waals surface area contributed by atoms with Gasteiger partial charge < -0.3 is 31.9 Å². The molecule has 0 saturated carbocycles. The summed E-state index contributed by atoms with van der Waals surface area (Å²) in [6.07, 6.45) is 3.37. The van der Waals surface area contributed by atoms with Crippen LogP contribution in [0.3, 0.4) is 0 Å². The highest BCUT2D eigenvalue weighted by Crippen LogP contribution is 2.45. The summed E-state index contributed by atoms with van der Waals surface area (Å²) in [4.78, 5) is 5.41. The standard InChI is InChI=1S/C10H10N3OS.HI.3H2O/c11-7-5-15(9-2-1-3-14-9)8-4-12-6-13-10(7)8;;;;/h1-3,5-6H,4,11H2,(H,12,13);1H;3*1H2/q+1;;;;. The molecule has 1 aliphatic heterocycles. The fraction of sp³-hybridized carbons (Fsp3) is 0.100. The van der Waals surface area contributed by atoms with Crippen LogP contribution in [0.1, 0.15) is 4.88 Å². The fourth-order valence-corrected chi connectivity index (χ4v) is 3.52. The number of fused-ring (bicyclic) bond motifs is 1. The number of nitrogen functional groups attached to an aromatic ring is 1. The Kier molecular flexibility index (Phi) is 8.62. The lowest BCUT2D eigenvalue weighted by molar-refractivity contribution is 0.594. The molecule has 1 atom stereocenters. The summed E-state index contributed by atoms with van der Waals surface area (Å²) in [6.45, 7) is 0.698. The lowest BCUT2D eigenvalue weighted by Crippen LogP contribution is -2.04. The summed E-state index contributed by atoms with van der Waals surface area (Å²) in [5.41, 5.74) is 7.72. The molecular weight excluding hydrogens is 385 g/mol. The molecule has 0 aromatic carbocycles. The van der Waals surface area contributed by atoms with Crippen LogP contribution in [0.4, 0.5) is 11.4 Å². The van der Waals surface area contributed by atoms with Crippen LogP contribution in [0, 0.1) is 0 Å². The molecule has 3 heterocycles. The van der Waals surface area contributed by atoms with E-state index in [9.17, 15) is 0 Å². The molecule has 0 bridgehead atoms. The van der Waals surface area contributed by atoms with Gasteiger partial charge in [-0.15, -0.1) is 24.0 Å². The summed E-state index contributed by atoms with van der Waals surface area (Å²) < 4.78 is 5.41. The second-order valence-electron chi connectivity index (χ2n) is 3.26. The number of nitrogens with two attached hydrogens (primary N) is 1. The summed E-state index contributed by atoms with van der Waals surface area (Å²) in [7, 11) is -0.156. The van der Waals surface area contributed by atoms with Crippen LogP contribution in [0.2, 0.25) is 0 Å². The van der Waals surface area contributed by atoms with Crippen molar-refractivity contribution in [3.8, 4) is 5.09 Å². The molecule has 2 aromatic rings. The van der Waals surface area contributed by atoms with Crippen molar-refractivity contribution in [1.82, 2.24) is 0 Å². The molecule has 9 heteroatoms. The third kappa shape index (κ3) is 3.45. The van der Waals surface area contributed by atoms with E-state index in [1.807, 2.05) is 17.5 Å². The maximum Gasteiger partial charge on any atom is 0.339 e. The fourth-order valence-electron chi connectivity index (χ4n) is 1.65. The van der Waals surface area contributed by atoms with Gasteiger partial charge in [0.25, 0.3) is 0 Å². The minimum atomic E-state index is -0.156. The Bertz CT molecular complexity index is 527. The first-order valence-electron chi connectivity index (χ1n) is 4.58. The van der Waals surface area contributed by atoms with E-state index in [1.54, 1.807) is 12.6 Å². The Morgan fingerprint density at radius 3 is 2.68 bits per heavy atom. The van der Waals surface area contributed by atoms with Crippen molar-refractivity contribution in [3.05, 3.63) is 28.7 Å². The largest absolute Gasteiger partial charge is 0.422 e. The molecule has 19 heavy (non-hydrogen) atoms. The van der Waals surface area contributed by atoms with Crippen molar-refractivity contribution in [2.75, 3.05) is 11.1 Å². The van der Waals surface area contributed by atoms with Gasteiger partial charge in [-0.1, -0.05) is 0 Å². The highest BCUT2D eigenvalue weighted by atomic mass is 127. The van der Waals surface area contributed by atoms with Crippen LogP contribution >= 0.6 is 34.4 Å². The normalized spacial score (nSPS) is 11.7. The monoisotopic (exact) mass is 402 g/mol. The minimum absolute atomic E-state index is 0. The van der Waals surface area contributed by atoms with Crippen LogP contribution in [-0.2, 0) is 6.54 Å². The Hall–Kier alpha value is -1.14. The molecule has 0 saturated heterocycles. The second-order valence-corrected chi connectivity index (χ2v) is 5.06. The predicted octanol–water partition coefficient (Wildman–Crippen LogP) is 0.698. The molecule has 7 nitrogen and oxygen atoms in total. The maximum atomic E-state index is 5.93. The van der Waals surface area contributed by atoms with Gasteiger partial charge in [0.05, 0.1) is 23.1 Å². The number of hydrogen-bond acceptors (Lipinski definition) is 4. The quantitative estimate of drug-likeness (QED) is 0.532. The molecule has 1 aliphatic rings. The zero-order valence-corrected chi connectivity index (χ0v) is 13.0. The van der Waals surface area contributed by atoms with Crippen LogP contribution in [0.15, 0.2) is 33.2 Å². The first kappa shape index (κ1) is 20.2. The molecule has 1 unspecified atom stereocenters. The Labute approximate surface area is 129 Å². The zero-order valence-electron chi connectivity index (χ0n) is 9.84. The summed E-state index contributed by atoms with van der Waals surface area (Å²) in [5.74, 6) is 0. The SMILES string of the molecule is I.Nc1c[s+](-c2ccco2)c2c1NC=NC2.O.O.O. The van der Waals surface area contributed by atoms with Crippen LogP contribution in [0.5, 0.6) is 0 Å². The van der Waals surface area contributed by atoms with Crippen molar-refractivity contribution in [2.24, 2.45) is 4.99 Å². The number of furan rings is 1. The predicted molar refractivity (Wildman–Crippen MR) is 89.0 cm³/mol. The number of halogens is 1. The highest BCUT2D eigenvalue weighted by Gasteiger charge is 2.28. The first-order chi connectivity index (χ1) is 7.36. The van der Waals surface area contributed by atoms with Gasteiger partial charge in [-0.2, -0.15) is 0 Å². The number of aliphatic imine (C=N–C) groups is 1. The van der Waals surface area contributed by atoms with E-state index in [4.69, 9.17) is 10.2 Å². The van der Waals surface area contributed by atoms with Crippen molar-refractivity contribution in [2.45, 2.75) is 6.54 Å². The van der Waals surface area contributed by atoms with E-state index in [2.05, 4.69) is 10.3 Å². The molecular formula is C10H17IN3O4S+. The van der Waals surface area contributed by atoms with Gasteiger partial charge in [0.2, 0.25) is 4.88 Å². The minimum Gasteiger partial charge on any atom is -0.422 e. The van der Waals surface area contributed by atoms with Gasteiger partial charge >= 0.3 is 5.09 Å². The smallest absolute Gasteiger partial charge is 0.339 e. The van der Waals surface area contributed by atoms with E-state index in [-0.39, 0.29) is 50.9 Å². The van der Waals surface area contributed by atoms with Crippen LogP contribution < -0.4 is 11.1 Å². The summed E-state index contributed by atoms with van der Waals surface area (Å²) in [5, 5.41) is 6.06. The first-order valence-corrected chi connectivity index (χ1v) is 5.87. The Morgan fingerprint density at radius 1 is 1.32 bits per heavy atom. The highest BCUT2D eigenvalue weighted by molar-refractivity contribution is 14.0. The van der Waals surface area contributed by atoms with Crippen molar-refractivity contribution in [1.29, 1.82) is 0 Å². The van der Waals surface area contributed by atoms with E-state index >= 15 is 0 Å². The van der Waals surface area contributed by atoms with Gasteiger partial charge in [-0.3, -0.25) is 4.99 Å². The number of thiophene rings is 1. The van der Waals surface area contributed by atoms with Gasteiger partial charge in [0.1, 0.15) is 17.9 Å². The molecule has 0 fully saturated rings.